The van der Waals surface area contributed by atoms with Crippen molar-refractivity contribution >= 4 is 29.4 Å². The zero-order valence-electron chi connectivity index (χ0n) is 23.4. The molecule has 10 heteroatoms. The van der Waals surface area contributed by atoms with Crippen molar-refractivity contribution < 1.29 is 19.2 Å². The molecule has 3 fully saturated rings. The van der Waals surface area contributed by atoms with Crippen LogP contribution in [0.15, 0.2) is 18.2 Å². The van der Waals surface area contributed by atoms with E-state index in [1.807, 2.05) is 59.7 Å². The van der Waals surface area contributed by atoms with Gasteiger partial charge in [-0.15, -0.1) is 0 Å². The molecule has 1 aliphatic carbocycles. The van der Waals surface area contributed by atoms with Crippen LogP contribution in [0.4, 0.5) is 10.5 Å². The van der Waals surface area contributed by atoms with Gasteiger partial charge in [-0.1, -0.05) is 33.8 Å². The molecule has 3 N–H and O–H groups in total. The molecule has 5 amide bonds. The van der Waals surface area contributed by atoms with E-state index >= 15 is 0 Å². The maximum atomic E-state index is 13.7. The number of rotatable bonds is 8. The molecular weight excluding hydrogens is 484 g/mol. The average molecular weight is 527 g/mol. The van der Waals surface area contributed by atoms with Crippen LogP contribution in [-0.4, -0.2) is 70.5 Å². The van der Waals surface area contributed by atoms with Gasteiger partial charge in [-0.2, -0.15) is 5.43 Å². The van der Waals surface area contributed by atoms with Crippen molar-refractivity contribution in [2.75, 3.05) is 25.0 Å². The highest BCUT2D eigenvalue weighted by atomic mass is 16.2. The number of amides is 5. The second-order valence-corrected chi connectivity index (χ2v) is 11.8. The first-order valence-corrected chi connectivity index (χ1v) is 13.8. The minimum atomic E-state index is -0.675. The first-order valence-electron chi connectivity index (χ1n) is 13.8. The molecule has 4 rings (SSSR count). The van der Waals surface area contributed by atoms with E-state index < -0.39 is 12.3 Å². The lowest BCUT2D eigenvalue weighted by Crippen LogP contribution is -2.67. The summed E-state index contributed by atoms with van der Waals surface area (Å²) in [6, 6.07) is 4.94. The SMILES string of the molecule is Cc1ccc(NC(=O)CN2NC3N(CC(C)C)C(=O)C4CCC(C(=O)NCC(C)C)CC4N3C2=O)cc1C. The highest BCUT2D eigenvalue weighted by Gasteiger charge is 2.56. The van der Waals surface area contributed by atoms with Crippen LogP contribution in [0.3, 0.4) is 0 Å². The maximum Gasteiger partial charge on any atom is 0.337 e. The Morgan fingerprint density at radius 2 is 1.79 bits per heavy atom. The monoisotopic (exact) mass is 526 g/mol. The normalized spacial score (nSPS) is 25.1. The Balaban J connectivity index is 1.52. The van der Waals surface area contributed by atoms with E-state index in [1.54, 1.807) is 9.80 Å². The lowest BCUT2D eigenvalue weighted by molar-refractivity contribution is -0.159. The predicted molar refractivity (Wildman–Crippen MR) is 144 cm³/mol. The number of nitrogens with one attached hydrogen (secondary N) is 3. The molecule has 0 radical (unpaired) electrons. The molecule has 208 valence electrons. The average Bonchev–Trinajstić information content (AvgIpc) is 3.17. The maximum absolute atomic E-state index is 13.7. The molecule has 2 aliphatic heterocycles. The van der Waals surface area contributed by atoms with Crippen molar-refractivity contribution in [1.29, 1.82) is 0 Å². The van der Waals surface area contributed by atoms with Crippen molar-refractivity contribution in [3.8, 4) is 0 Å². The van der Waals surface area contributed by atoms with Crippen molar-refractivity contribution in [2.24, 2.45) is 23.7 Å². The molecule has 1 saturated carbocycles. The number of fused-ring (bicyclic) bond motifs is 3. The largest absolute Gasteiger partial charge is 0.356 e. The van der Waals surface area contributed by atoms with E-state index in [9.17, 15) is 19.2 Å². The smallest absolute Gasteiger partial charge is 0.337 e. The van der Waals surface area contributed by atoms with E-state index in [0.717, 1.165) is 11.1 Å². The van der Waals surface area contributed by atoms with Crippen LogP contribution < -0.4 is 16.1 Å². The van der Waals surface area contributed by atoms with E-state index in [-0.39, 0.29) is 48.1 Å². The molecule has 3 aliphatic rings. The van der Waals surface area contributed by atoms with E-state index in [1.165, 1.54) is 5.01 Å². The van der Waals surface area contributed by atoms with Crippen LogP contribution in [0.2, 0.25) is 0 Å². The number of hydrazine groups is 1. The topological polar surface area (TPSA) is 114 Å². The van der Waals surface area contributed by atoms with Crippen LogP contribution in [-0.2, 0) is 14.4 Å². The zero-order valence-corrected chi connectivity index (χ0v) is 23.4. The highest BCUT2D eigenvalue weighted by Crippen LogP contribution is 2.40. The van der Waals surface area contributed by atoms with Gasteiger partial charge in [0, 0.05) is 30.7 Å². The molecule has 38 heavy (non-hydrogen) atoms. The van der Waals surface area contributed by atoms with Crippen LogP contribution in [0.25, 0.3) is 0 Å². The quantitative estimate of drug-likeness (QED) is 0.482. The van der Waals surface area contributed by atoms with Crippen molar-refractivity contribution in [1.82, 2.24) is 25.6 Å². The van der Waals surface area contributed by atoms with Gasteiger partial charge in [0.25, 0.3) is 0 Å². The fourth-order valence-electron chi connectivity index (χ4n) is 5.67. The Labute approximate surface area is 225 Å². The molecule has 10 nitrogen and oxygen atoms in total. The Hall–Kier alpha value is -3.14. The third-order valence-electron chi connectivity index (χ3n) is 7.77. The summed E-state index contributed by atoms with van der Waals surface area (Å²) >= 11 is 0. The molecule has 0 spiro atoms. The number of anilines is 1. The molecular formula is C28H42N6O4. The fraction of sp³-hybridized carbons (Fsp3) is 0.643. The van der Waals surface area contributed by atoms with Gasteiger partial charge in [0.05, 0.1) is 5.92 Å². The van der Waals surface area contributed by atoms with Gasteiger partial charge in [0.15, 0.2) is 6.29 Å². The minimum Gasteiger partial charge on any atom is -0.356 e. The lowest BCUT2D eigenvalue weighted by Gasteiger charge is -2.50. The third-order valence-corrected chi connectivity index (χ3v) is 7.77. The zero-order chi connectivity index (χ0) is 27.7. The van der Waals surface area contributed by atoms with Gasteiger partial charge in [0.1, 0.15) is 6.54 Å². The first-order chi connectivity index (χ1) is 18.0. The minimum absolute atomic E-state index is 0.00715. The summed E-state index contributed by atoms with van der Waals surface area (Å²) in [5, 5.41) is 7.18. The number of carbonyl (C=O) groups excluding carboxylic acids is 4. The van der Waals surface area contributed by atoms with Crippen LogP contribution in [0.1, 0.15) is 58.1 Å². The van der Waals surface area contributed by atoms with E-state index in [0.29, 0.717) is 44.0 Å². The number of hydrogen-bond donors (Lipinski definition) is 3. The summed E-state index contributed by atoms with van der Waals surface area (Å²) in [6.07, 6.45) is 0.934. The van der Waals surface area contributed by atoms with Crippen molar-refractivity contribution in [2.45, 2.75) is 73.1 Å². The van der Waals surface area contributed by atoms with Gasteiger partial charge in [0.2, 0.25) is 17.7 Å². The molecule has 4 unspecified atom stereocenters. The Morgan fingerprint density at radius 3 is 2.45 bits per heavy atom. The molecule has 2 heterocycles. The second kappa shape index (κ2) is 11.3. The Morgan fingerprint density at radius 1 is 1.05 bits per heavy atom. The standard InChI is InChI=1S/C28H42N6O4/c1-16(2)13-29-25(36)20-8-10-22-23(12-20)34-27(32(26(22)37)14-17(3)4)31-33(28(34)38)15-24(35)30-21-9-7-18(5)19(6)11-21/h7,9,11,16-17,20,22-23,27,31H,8,10,12-15H2,1-6H3,(H,29,36)(H,30,35). The Kier molecular flexibility index (Phi) is 8.30. The summed E-state index contributed by atoms with van der Waals surface area (Å²) in [4.78, 5) is 56.5. The summed E-state index contributed by atoms with van der Waals surface area (Å²) in [6.45, 7) is 13.0. The number of nitrogens with zero attached hydrogens (tertiary/aromatic N) is 3. The summed E-state index contributed by atoms with van der Waals surface area (Å²) < 4.78 is 0. The van der Waals surface area contributed by atoms with Crippen LogP contribution in [0.5, 0.6) is 0 Å². The molecule has 1 aromatic carbocycles. The van der Waals surface area contributed by atoms with E-state index in [2.05, 4.69) is 16.1 Å². The summed E-state index contributed by atoms with van der Waals surface area (Å²) in [5.41, 5.74) is 6.00. The Bertz CT molecular complexity index is 1090. The molecule has 1 aromatic rings. The van der Waals surface area contributed by atoms with E-state index in [4.69, 9.17) is 0 Å². The molecule has 0 bridgehead atoms. The van der Waals surface area contributed by atoms with Gasteiger partial charge in [-0.25, -0.2) is 9.80 Å². The summed E-state index contributed by atoms with van der Waals surface area (Å²) in [5.74, 6) is -0.406. The number of aryl methyl sites for hydroxylation is 2. The van der Waals surface area contributed by atoms with Crippen molar-refractivity contribution in [3.05, 3.63) is 29.3 Å². The lowest BCUT2D eigenvalue weighted by atomic mass is 9.75. The number of hydrogen-bond acceptors (Lipinski definition) is 5. The van der Waals surface area contributed by atoms with Gasteiger partial charge in [-0.3, -0.25) is 19.3 Å². The fourth-order valence-corrected chi connectivity index (χ4v) is 5.67. The molecule has 4 atom stereocenters. The number of carbonyl (C=O) groups is 4. The van der Waals surface area contributed by atoms with Crippen molar-refractivity contribution in [3.63, 3.8) is 0 Å². The highest BCUT2D eigenvalue weighted by molar-refractivity contribution is 5.95. The number of benzene rings is 1. The molecule has 2 saturated heterocycles. The van der Waals surface area contributed by atoms with Crippen LogP contribution in [0, 0.1) is 37.5 Å². The van der Waals surface area contributed by atoms with Gasteiger partial charge in [-0.05, 0) is 68.2 Å². The second-order valence-electron chi connectivity index (χ2n) is 11.8. The summed E-state index contributed by atoms with van der Waals surface area (Å²) in [7, 11) is 0. The molecule has 0 aromatic heterocycles. The van der Waals surface area contributed by atoms with Gasteiger partial charge >= 0.3 is 6.03 Å². The first kappa shape index (κ1) is 27.9. The number of urea groups is 1. The van der Waals surface area contributed by atoms with Gasteiger partial charge < -0.3 is 15.5 Å². The predicted octanol–water partition coefficient (Wildman–Crippen LogP) is 2.82. The third kappa shape index (κ3) is 5.80. The van der Waals surface area contributed by atoms with Crippen LogP contribution >= 0.6 is 0 Å².